The minimum Gasteiger partial charge on any atom is -0.329 e. The summed E-state index contributed by atoms with van der Waals surface area (Å²) < 4.78 is 0. The van der Waals surface area contributed by atoms with Crippen molar-refractivity contribution in [2.45, 2.75) is 83.3 Å². The molecule has 17 heavy (non-hydrogen) atoms. The average molecular weight is 238 g/mol. The Morgan fingerprint density at radius 1 is 1.06 bits per heavy atom. The molecule has 2 N–H and O–H groups in total. The monoisotopic (exact) mass is 238 g/mol. The normalized spacial score (nSPS) is 40.4. The number of rotatable bonds is 3. The first-order chi connectivity index (χ1) is 8.26. The predicted molar refractivity (Wildman–Crippen MR) is 74.0 cm³/mol. The van der Waals surface area contributed by atoms with Gasteiger partial charge in [-0.15, -0.1) is 0 Å². The van der Waals surface area contributed by atoms with Gasteiger partial charge in [0.15, 0.2) is 0 Å². The molecule has 0 spiro atoms. The summed E-state index contributed by atoms with van der Waals surface area (Å²) in [6.07, 6.45) is 11.2. The summed E-state index contributed by atoms with van der Waals surface area (Å²) in [5.74, 6) is 1.00. The molecule has 0 radical (unpaired) electrons. The van der Waals surface area contributed by atoms with Gasteiger partial charge >= 0.3 is 0 Å². The van der Waals surface area contributed by atoms with Gasteiger partial charge in [0.25, 0.3) is 0 Å². The molecular weight excluding hydrogens is 208 g/mol. The molecule has 2 aliphatic rings. The number of nitrogens with zero attached hydrogens (tertiary/aromatic N) is 1. The standard InChI is InChI=1S/C15H30N2/c1-3-13-7-9-14(10-8-13)17-12(2)5-4-6-15(17)11-16/h12-15H,3-11,16H2,1-2H3. The van der Waals surface area contributed by atoms with Gasteiger partial charge in [0.2, 0.25) is 0 Å². The Kier molecular flexibility index (Phi) is 4.87. The zero-order chi connectivity index (χ0) is 12.3. The van der Waals surface area contributed by atoms with E-state index in [1.54, 1.807) is 0 Å². The van der Waals surface area contributed by atoms with E-state index in [1.165, 1.54) is 51.4 Å². The first-order valence-corrected chi connectivity index (χ1v) is 7.73. The lowest BCUT2D eigenvalue weighted by Crippen LogP contribution is -2.54. The second-order valence-electron chi connectivity index (χ2n) is 6.20. The SMILES string of the molecule is CCC1CCC(N2C(C)CCCC2CN)CC1. The second kappa shape index (κ2) is 6.19. The van der Waals surface area contributed by atoms with Crippen LogP contribution in [-0.2, 0) is 0 Å². The lowest BCUT2D eigenvalue weighted by molar-refractivity contribution is 0.0254. The van der Waals surface area contributed by atoms with E-state index in [-0.39, 0.29) is 0 Å². The van der Waals surface area contributed by atoms with Gasteiger partial charge in [-0.3, -0.25) is 4.90 Å². The van der Waals surface area contributed by atoms with E-state index in [2.05, 4.69) is 18.7 Å². The van der Waals surface area contributed by atoms with Crippen molar-refractivity contribution in [1.29, 1.82) is 0 Å². The quantitative estimate of drug-likeness (QED) is 0.818. The van der Waals surface area contributed by atoms with E-state index in [0.717, 1.165) is 24.5 Å². The molecule has 2 rings (SSSR count). The minimum absolute atomic E-state index is 0.668. The molecule has 0 aromatic rings. The molecule has 0 amide bonds. The fourth-order valence-corrected chi connectivity index (χ4v) is 4.06. The number of piperidine rings is 1. The molecule has 1 aliphatic carbocycles. The van der Waals surface area contributed by atoms with Crippen LogP contribution in [0.25, 0.3) is 0 Å². The third kappa shape index (κ3) is 3.03. The maximum absolute atomic E-state index is 5.97. The van der Waals surface area contributed by atoms with Crippen LogP contribution in [0.2, 0.25) is 0 Å². The van der Waals surface area contributed by atoms with Crippen LogP contribution in [0.3, 0.4) is 0 Å². The molecule has 1 saturated carbocycles. The summed E-state index contributed by atoms with van der Waals surface area (Å²) in [5, 5.41) is 0. The highest BCUT2D eigenvalue weighted by Gasteiger charge is 2.34. The molecular formula is C15H30N2. The molecule has 1 saturated heterocycles. The number of hydrogen-bond acceptors (Lipinski definition) is 2. The van der Waals surface area contributed by atoms with E-state index < -0.39 is 0 Å². The number of likely N-dealkylation sites (tertiary alicyclic amines) is 1. The molecule has 2 fully saturated rings. The zero-order valence-corrected chi connectivity index (χ0v) is 11.7. The zero-order valence-electron chi connectivity index (χ0n) is 11.7. The van der Waals surface area contributed by atoms with Gasteiger partial charge in [0, 0.05) is 24.7 Å². The fourth-order valence-electron chi connectivity index (χ4n) is 4.06. The summed E-state index contributed by atoms with van der Waals surface area (Å²) in [4.78, 5) is 2.79. The Hall–Kier alpha value is -0.0800. The first-order valence-electron chi connectivity index (χ1n) is 7.73. The highest BCUT2D eigenvalue weighted by Crippen LogP contribution is 2.34. The maximum atomic E-state index is 5.97. The smallest absolute Gasteiger partial charge is 0.0224 e. The van der Waals surface area contributed by atoms with Gasteiger partial charge in [-0.2, -0.15) is 0 Å². The second-order valence-corrected chi connectivity index (χ2v) is 6.20. The molecule has 100 valence electrons. The van der Waals surface area contributed by atoms with E-state index in [4.69, 9.17) is 5.73 Å². The highest BCUT2D eigenvalue weighted by atomic mass is 15.2. The molecule has 1 aliphatic heterocycles. The van der Waals surface area contributed by atoms with Gasteiger partial charge in [-0.1, -0.05) is 19.8 Å². The molecule has 2 nitrogen and oxygen atoms in total. The van der Waals surface area contributed by atoms with Crippen LogP contribution in [0.15, 0.2) is 0 Å². The van der Waals surface area contributed by atoms with Crippen molar-refractivity contribution >= 4 is 0 Å². The Morgan fingerprint density at radius 3 is 2.35 bits per heavy atom. The van der Waals surface area contributed by atoms with Crippen LogP contribution >= 0.6 is 0 Å². The van der Waals surface area contributed by atoms with E-state index in [0.29, 0.717) is 6.04 Å². The maximum Gasteiger partial charge on any atom is 0.0224 e. The van der Waals surface area contributed by atoms with Crippen molar-refractivity contribution in [1.82, 2.24) is 4.90 Å². The molecule has 0 aromatic heterocycles. The van der Waals surface area contributed by atoms with Crippen molar-refractivity contribution in [3.8, 4) is 0 Å². The molecule has 0 aromatic carbocycles. The number of nitrogens with two attached hydrogens (primary N) is 1. The Balaban J connectivity index is 1.94. The van der Waals surface area contributed by atoms with Gasteiger partial charge < -0.3 is 5.73 Å². The third-order valence-corrected chi connectivity index (χ3v) is 5.18. The van der Waals surface area contributed by atoms with Gasteiger partial charge in [0.1, 0.15) is 0 Å². The number of hydrogen-bond donors (Lipinski definition) is 1. The summed E-state index contributed by atoms with van der Waals surface area (Å²) in [5.41, 5.74) is 5.97. The Labute approximate surface area is 107 Å². The molecule has 2 atom stereocenters. The van der Waals surface area contributed by atoms with Crippen LogP contribution in [0.5, 0.6) is 0 Å². The highest BCUT2D eigenvalue weighted by molar-refractivity contribution is 4.90. The van der Waals surface area contributed by atoms with Crippen molar-refractivity contribution in [2.24, 2.45) is 11.7 Å². The minimum atomic E-state index is 0.668. The van der Waals surface area contributed by atoms with E-state index in [1.807, 2.05) is 0 Å². The lowest BCUT2D eigenvalue weighted by atomic mass is 9.81. The van der Waals surface area contributed by atoms with Crippen molar-refractivity contribution < 1.29 is 0 Å². The van der Waals surface area contributed by atoms with Crippen LogP contribution < -0.4 is 5.73 Å². The van der Waals surface area contributed by atoms with Crippen molar-refractivity contribution in [2.75, 3.05) is 6.54 Å². The summed E-state index contributed by atoms with van der Waals surface area (Å²) in [6, 6.07) is 2.27. The van der Waals surface area contributed by atoms with Crippen molar-refractivity contribution in [3.63, 3.8) is 0 Å². The van der Waals surface area contributed by atoms with Crippen LogP contribution in [0, 0.1) is 5.92 Å². The lowest BCUT2D eigenvalue weighted by Gasteiger charge is -2.47. The van der Waals surface area contributed by atoms with Crippen molar-refractivity contribution in [3.05, 3.63) is 0 Å². The first kappa shape index (κ1) is 13.4. The van der Waals surface area contributed by atoms with Gasteiger partial charge in [-0.25, -0.2) is 0 Å². The summed E-state index contributed by atoms with van der Waals surface area (Å²) in [7, 11) is 0. The molecule has 2 heteroatoms. The van der Waals surface area contributed by atoms with Gasteiger partial charge in [-0.05, 0) is 51.4 Å². The summed E-state index contributed by atoms with van der Waals surface area (Å²) >= 11 is 0. The fraction of sp³-hybridized carbons (Fsp3) is 1.00. The predicted octanol–water partition coefficient (Wildman–Crippen LogP) is 3.16. The molecule has 1 heterocycles. The molecule has 0 bridgehead atoms. The van der Waals surface area contributed by atoms with Gasteiger partial charge in [0.05, 0.1) is 0 Å². The van der Waals surface area contributed by atoms with Crippen LogP contribution in [-0.4, -0.2) is 29.6 Å². The largest absolute Gasteiger partial charge is 0.329 e. The average Bonchev–Trinajstić information content (AvgIpc) is 2.38. The Bertz CT molecular complexity index is 221. The van der Waals surface area contributed by atoms with Crippen LogP contribution in [0.4, 0.5) is 0 Å². The Morgan fingerprint density at radius 2 is 1.76 bits per heavy atom. The third-order valence-electron chi connectivity index (χ3n) is 5.18. The van der Waals surface area contributed by atoms with E-state index >= 15 is 0 Å². The topological polar surface area (TPSA) is 29.3 Å². The molecule has 2 unspecified atom stereocenters. The summed E-state index contributed by atoms with van der Waals surface area (Å²) in [6.45, 7) is 5.61. The van der Waals surface area contributed by atoms with Crippen LogP contribution in [0.1, 0.15) is 65.2 Å². The van der Waals surface area contributed by atoms with E-state index in [9.17, 15) is 0 Å².